The molecule has 1 aromatic heterocycles. The first-order valence-corrected chi connectivity index (χ1v) is 8.19. The van der Waals surface area contributed by atoms with Gasteiger partial charge in [-0.05, 0) is 25.0 Å². The van der Waals surface area contributed by atoms with Crippen LogP contribution in [0, 0.1) is 0 Å². The van der Waals surface area contributed by atoms with Gasteiger partial charge in [0, 0.05) is 25.0 Å². The SMILES string of the molecule is COc1ccc(OCCCCCCn2ccnc2CO)c(Cl)c1. The number of unbranched alkanes of at least 4 members (excludes halogenated alkanes) is 3. The number of aryl methyl sites for hydroxylation is 1. The molecule has 0 fully saturated rings. The van der Waals surface area contributed by atoms with Crippen molar-refractivity contribution in [3.8, 4) is 11.5 Å². The second kappa shape index (κ2) is 9.43. The van der Waals surface area contributed by atoms with Crippen molar-refractivity contribution in [2.24, 2.45) is 0 Å². The molecule has 0 aliphatic heterocycles. The number of halogens is 1. The Morgan fingerprint density at radius 2 is 2.04 bits per heavy atom. The highest BCUT2D eigenvalue weighted by Crippen LogP contribution is 2.28. The number of aliphatic hydroxyl groups is 1. The van der Waals surface area contributed by atoms with E-state index in [2.05, 4.69) is 4.98 Å². The topological polar surface area (TPSA) is 56.5 Å². The maximum atomic E-state index is 9.13. The van der Waals surface area contributed by atoms with Gasteiger partial charge in [-0.2, -0.15) is 0 Å². The first kappa shape index (κ1) is 17.6. The molecule has 0 unspecified atom stereocenters. The van der Waals surface area contributed by atoms with Crippen LogP contribution in [0.5, 0.6) is 11.5 Å². The number of benzene rings is 1. The van der Waals surface area contributed by atoms with Gasteiger partial charge in [0.1, 0.15) is 23.9 Å². The minimum Gasteiger partial charge on any atom is -0.497 e. The zero-order valence-electron chi connectivity index (χ0n) is 13.4. The molecule has 2 aromatic rings. The minimum absolute atomic E-state index is 0.0105. The standard InChI is InChI=1S/C17H23ClN2O3/c1-22-14-6-7-16(15(18)12-14)23-11-5-3-2-4-9-20-10-8-19-17(20)13-21/h6-8,10,12,21H,2-5,9,11,13H2,1H3. The summed E-state index contributed by atoms with van der Waals surface area (Å²) >= 11 is 6.12. The van der Waals surface area contributed by atoms with E-state index in [4.69, 9.17) is 26.2 Å². The number of aromatic nitrogens is 2. The Balaban J connectivity index is 1.59. The van der Waals surface area contributed by atoms with Crippen LogP contribution >= 0.6 is 11.6 Å². The molecule has 0 aliphatic rings. The van der Waals surface area contributed by atoms with Crippen molar-refractivity contribution >= 4 is 11.6 Å². The van der Waals surface area contributed by atoms with Gasteiger partial charge in [-0.15, -0.1) is 0 Å². The molecule has 0 saturated carbocycles. The summed E-state index contributed by atoms with van der Waals surface area (Å²) in [6.07, 6.45) is 7.88. The minimum atomic E-state index is -0.0105. The number of rotatable bonds is 10. The van der Waals surface area contributed by atoms with E-state index >= 15 is 0 Å². The first-order valence-electron chi connectivity index (χ1n) is 7.82. The predicted octanol–water partition coefficient (Wildman–Crippen LogP) is 3.68. The molecule has 0 radical (unpaired) electrons. The van der Waals surface area contributed by atoms with Crippen molar-refractivity contribution in [1.29, 1.82) is 0 Å². The summed E-state index contributed by atoms with van der Waals surface area (Å²) in [7, 11) is 1.61. The van der Waals surface area contributed by atoms with Crippen molar-refractivity contribution in [2.75, 3.05) is 13.7 Å². The zero-order chi connectivity index (χ0) is 16.5. The lowest BCUT2D eigenvalue weighted by molar-refractivity contribution is 0.264. The Bertz CT molecular complexity index is 601. The van der Waals surface area contributed by atoms with Gasteiger partial charge in [0.15, 0.2) is 0 Å². The van der Waals surface area contributed by atoms with E-state index in [9.17, 15) is 0 Å². The quantitative estimate of drug-likeness (QED) is 0.671. The maximum absolute atomic E-state index is 9.13. The number of ether oxygens (including phenoxy) is 2. The van der Waals surface area contributed by atoms with Crippen LogP contribution in [-0.2, 0) is 13.2 Å². The smallest absolute Gasteiger partial charge is 0.138 e. The highest BCUT2D eigenvalue weighted by Gasteiger charge is 2.03. The molecule has 23 heavy (non-hydrogen) atoms. The van der Waals surface area contributed by atoms with Crippen LogP contribution in [0.1, 0.15) is 31.5 Å². The molecular formula is C17H23ClN2O3. The van der Waals surface area contributed by atoms with Crippen LogP contribution in [0.15, 0.2) is 30.6 Å². The van der Waals surface area contributed by atoms with Gasteiger partial charge in [0.2, 0.25) is 0 Å². The third-order valence-electron chi connectivity index (χ3n) is 3.63. The number of hydrogen-bond acceptors (Lipinski definition) is 4. The monoisotopic (exact) mass is 338 g/mol. The molecular weight excluding hydrogens is 316 g/mol. The Hall–Kier alpha value is -1.72. The van der Waals surface area contributed by atoms with E-state index < -0.39 is 0 Å². The van der Waals surface area contributed by atoms with Crippen LogP contribution in [0.4, 0.5) is 0 Å². The molecule has 1 aromatic carbocycles. The van der Waals surface area contributed by atoms with Gasteiger partial charge < -0.3 is 19.1 Å². The maximum Gasteiger partial charge on any atom is 0.138 e. The summed E-state index contributed by atoms with van der Waals surface area (Å²) < 4.78 is 12.8. The number of hydrogen-bond donors (Lipinski definition) is 1. The van der Waals surface area contributed by atoms with Gasteiger partial charge in [-0.3, -0.25) is 0 Å². The largest absolute Gasteiger partial charge is 0.497 e. The highest BCUT2D eigenvalue weighted by molar-refractivity contribution is 6.32. The zero-order valence-corrected chi connectivity index (χ0v) is 14.1. The van der Waals surface area contributed by atoms with E-state index in [0.29, 0.717) is 17.4 Å². The fourth-order valence-electron chi connectivity index (χ4n) is 2.34. The number of aliphatic hydroxyl groups excluding tert-OH is 1. The van der Waals surface area contributed by atoms with Gasteiger partial charge in [-0.25, -0.2) is 4.98 Å². The van der Waals surface area contributed by atoms with Crippen molar-refractivity contribution in [3.63, 3.8) is 0 Å². The van der Waals surface area contributed by atoms with Crippen molar-refractivity contribution in [1.82, 2.24) is 9.55 Å². The van der Waals surface area contributed by atoms with Gasteiger partial charge in [0.05, 0.1) is 18.7 Å². The van der Waals surface area contributed by atoms with Crippen LogP contribution in [0.3, 0.4) is 0 Å². The number of nitrogens with zero attached hydrogens (tertiary/aromatic N) is 2. The lowest BCUT2D eigenvalue weighted by Crippen LogP contribution is -2.03. The van der Waals surface area contributed by atoms with Crippen molar-refractivity contribution in [2.45, 2.75) is 38.8 Å². The Labute approximate surface area is 141 Å². The Kier molecular flexibility index (Phi) is 7.23. The third kappa shape index (κ3) is 5.44. The molecule has 2 rings (SSSR count). The third-order valence-corrected chi connectivity index (χ3v) is 3.93. The summed E-state index contributed by atoms with van der Waals surface area (Å²) in [5.74, 6) is 2.14. The van der Waals surface area contributed by atoms with Crippen LogP contribution in [0.2, 0.25) is 5.02 Å². The van der Waals surface area contributed by atoms with Crippen LogP contribution in [0.25, 0.3) is 0 Å². The molecule has 0 spiro atoms. The molecule has 0 atom stereocenters. The summed E-state index contributed by atoms with van der Waals surface area (Å²) in [5, 5.41) is 9.70. The molecule has 1 N–H and O–H groups in total. The van der Waals surface area contributed by atoms with E-state index in [1.54, 1.807) is 19.4 Å². The van der Waals surface area contributed by atoms with Crippen molar-refractivity contribution < 1.29 is 14.6 Å². The molecule has 126 valence electrons. The van der Waals surface area contributed by atoms with Gasteiger partial charge in [0.25, 0.3) is 0 Å². The average Bonchev–Trinajstić information content (AvgIpc) is 3.02. The summed E-state index contributed by atoms with van der Waals surface area (Å²) in [5.41, 5.74) is 0. The number of imidazole rings is 1. The van der Waals surface area contributed by atoms with Crippen molar-refractivity contribution in [3.05, 3.63) is 41.4 Å². The molecule has 0 amide bonds. The summed E-state index contributed by atoms with van der Waals surface area (Å²) in [4.78, 5) is 4.09. The van der Waals surface area contributed by atoms with Crippen LogP contribution in [-0.4, -0.2) is 28.4 Å². The molecule has 5 nitrogen and oxygen atoms in total. The lowest BCUT2D eigenvalue weighted by Gasteiger charge is -2.09. The predicted molar refractivity (Wildman–Crippen MR) is 90.1 cm³/mol. The average molecular weight is 339 g/mol. The second-order valence-electron chi connectivity index (χ2n) is 5.25. The Morgan fingerprint density at radius 3 is 2.78 bits per heavy atom. The van der Waals surface area contributed by atoms with E-state index in [0.717, 1.165) is 43.8 Å². The molecule has 0 saturated heterocycles. The summed E-state index contributed by atoms with van der Waals surface area (Å²) in [6, 6.07) is 5.42. The molecule has 0 bridgehead atoms. The van der Waals surface area contributed by atoms with E-state index in [1.807, 2.05) is 22.9 Å². The first-order chi connectivity index (χ1) is 11.2. The molecule has 0 aliphatic carbocycles. The molecule has 6 heteroatoms. The van der Waals surface area contributed by atoms with Crippen LogP contribution < -0.4 is 9.47 Å². The highest BCUT2D eigenvalue weighted by atomic mass is 35.5. The number of methoxy groups -OCH3 is 1. The summed E-state index contributed by atoms with van der Waals surface area (Å²) in [6.45, 7) is 1.53. The van der Waals surface area contributed by atoms with Gasteiger partial charge >= 0.3 is 0 Å². The fourth-order valence-corrected chi connectivity index (χ4v) is 2.57. The fraction of sp³-hybridized carbons (Fsp3) is 0.471. The lowest BCUT2D eigenvalue weighted by atomic mass is 10.2. The normalized spacial score (nSPS) is 10.7. The molecule has 1 heterocycles. The van der Waals surface area contributed by atoms with Gasteiger partial charge in [-0.1, -0.05) is 24.4 Å². The van der Waals surface area contributed by atoms with E-state index in [-0.39, 0.29) is 6.61 Å². The second-order valence-corrected chi connectivity index (χ2v) is 5.66. The van der Waals surface area contributed by atoms with E-state index in [1.165, 1.54) is 0 Å². The Morgan fingerprint density at radius 1 is 1.22 bits per heavy atom.